The number of carbonyl (C=O) groups is 1. The average Bonchev–Trinajstić information content (AvgIpc) is 0.835. The van der Waals surface area contributed by atoms with Crippen LogP contribution in [0, 0.1) is 0 Å². The Bertz CT molecular complexity index is 4640. The Labute approximate surface area is 765 Å². The van der Waals surface area contributed by atoms with Crippen LogP contribution in [0.25, 0.3) is 0 Å². The molecule has 0 radical (unpaired) electrons. The zero-order valence-corrected chi connectivity index (χ0v) is 83.6. The molecule has 0 aliphatic heterocycles. The molecule has 36 heteroatoms. The first-order valence-corrected chi connectivity index (χ1v) is 52.2. The lowest BCUT2D eigenvalue weighted by molar-refractivity contribution is -0.116. The van der Waals surface area contributed by atoms with Gasteiger partial charge in [-0.05, 0) is 117 Å². The van der Waals surface area contributed by atoms with E-state index in [0.29, 0.717) is 68.2 Å². The van der Waals surface area contributed by atoms with Crippen LogP contribution in [-0.4, -0.2) is 200 Å². The molecular formula is C91H150N6O24S6. The van der Waals surface area contributed by atoms with Crippen molar-refractivity contribution >= 4 is 67.6 Å². The molecule has 0 unspecified atom stereocenters. The summed E-state index contributed by atoms with van der Waals surface area (Å²) in [4.78, 5) is 10.9. The zero-order chi connectivity index (χ0) is 95.2. The van der Waals surface area contributed by atoms with Crippen LogP contribution in [0.2, 0.25) is 0 Å². The van der Waals surface area contributed by atoms with E-state index in [4.69, 9.17) is 48.8 Å². The first kappa shape index (κ1) is 117. The SMILES string of the molecule is CC(=O)Cc1ccc(OS(=O)(=O)N(C)C)cc1.CCCCCCCCCCOc1cccc(OS(=O)(=O)N(C)C)c1.CCCCCCCCCOc1cccc(OS(=O)(=O)N(C)C)c1.CCCCCCCCOc1cccc(OS(=O)(=O)N(C)C)c1.CCCCCCCOc1cccc(OS(=O)(=O)N(C)C)c1.CCCCCCOc1cccc(OS(=O)(=O)N(C)C)c1. The molecule has 0 heterocycles. The second-order valence-corrected chi connectivity index (χ2v) is 41.4. The number of hydrogen-bond donors (Lipinski definition) is 0. The van der Waals surface area contributed by atoms with Gasteiger partial charge in [0.25, 0.3) is 0 Å². The van der Waals surface area contributed by atoms with E-state index in [1.807, 2.05) is 0 Å². The van der Waals surface area contributed by atoms with E-state index in [1.165, 1.54) is 232 Å². The molecule has 127 heavy (non-hydrogen) atoms. The number of ether oxygens (including phenoxy) is 5. The van der Waals surface area contributed by atoms with Gasteiger partial charge >= 0.3 is 61.8 Å². The van der Waals surface area contributed by atoms with Gasteiger partial charge in [0.2, 0.25) is 0 Å². The summed E-state index contributed by atoms with van der Waals surface area (Å²) in [5, 5.41) is 0. The van der Waals surface area contributed by atoms with E-state index in [2.05, 4.69) is 34.6 Å². The molecule has 6 aromatic rings. The summed E-state index contributed by atoms with van der Waals surface area (Å²) in [6.07, 6.45) is 36.6. The van der Waals surface area contributed by atoms with Crippen molar-refractivity contribution in [2.45, 2.75) is 241 Å². The standard InChI is InChI=1S/C18H31NO4S.C17H29NO4S.C16H27NO4S.C15H25NO4S.C14H23NO4S.C11H15NO4S/c1-4-5-6-7-8-9-10-11-15-22-17-13-12-14-18(16-17)23-24(20,21)19(2)3;1-4-5-6-7-8-9-10-14-21-16-12-11-13-17(15-16)22-23(19,20)18(2)3;1-4-5-6-7-8-9-13-20-15-11-10-12-16(14-15)21-22(18,19)17(2)3;1-4-5-6-7-8-12-19-14-10-9-11-15(13-14)20-21(17,18)16(2)3;1-4-5-6-7-11-18-13-9-8-10-14(12-13)19-20(16,17)15(2)3;1-9(13)8-10-4-6-11(7-5-10)16-17(14,15)12(2)3/h12-14,16H,4-11,15H2,1-3H3;11-13,15H,4-10,14H2,1-3H3;10-12,14H,4-9,13H2,1-3H3;9-11,13H,4-8,12H2,1-3H3;8-10,12H,4-7,11H2,1-3H3;4-7H,8H2,1-3H3. The van der Waals surface area contributed by atoms with Crippen LogP contribution in [0.5, 0.6) is 63.2 Å². The molecule has 0 spiro atoms. The highest BCUT2D eigenvalue weighted by atomic mass is 32.3. The molecule has 0 bridgehead atoms. The first-order chi connectivity index (χ1) is 60.1. The lowest BCUT2D eigenvalue weighted by atomic mass is 10.1. The Balaban J connectivity index is 0.000000764. The number of rotatable bonds is 60. The highest BCUT2D eigenvalue weighted by molar-refractivity contribution is 7.86. The van der Waals surface area contributed by atoms with Gasteiger partial charge in [-0.15, -0.1) is 0 Å². The van der Waals surface area contributed by atoms with Crippen molar-refractivity contribution in [3.8, 4) is 63.2 Å². The molecule has 0 saturated heterocycles. The molecule has 0 aliphatic rings. The maximum atomic E-state index is 11.7. The largest absolute Gasteiger partial charge is 0.493 e. The van der Waals surface area contributed by atoms with Crippen molar-refractivity contribution in [3.63, 3.8) is 0 Å². The Morgan fingerprint density at radius 3 is 0.551 bits per heavy atom. The summed E-state index contributed by atoms with van der Waals surface area (Å²) in [5.74, 6) is 4.70. The summed E-state index contributed by atoms with van der Waals surface area (Å²) in [6, 6.07) is 39.9. The molecule has 0 atom stereocenters. The molecule has 0 amide bonds. The molecule has 0 aliphatic carbocycles. The minimum Gasteiger partial charge on any atom is -0.493 e. The summed E-state index contributed by atoms with van der Waals surface area (Å²) in [7, 11) is -5.34. The fourth-order valence-corrected chi connectivity index (χ4v) is 13.6. The molecule has 724 valence electrons. The monoisotopic (exact) mass is 1900 g/mol. The number of nitrogens with zero attached hydrogens (tertiary/aromatic N) is 6. The van der Waals surface area contributed by atoms with Crippen molar-refractivity contribution in [1.82, 2.24) is 25.8 Å². The molecule has 6 aromatic carbocycles. The van der Waals surface area contributed by atoms with Crippen LogP contribution in [0.4, 0.5) is 0 Å². The van der Waals surface area contributed by atoms with Crippen molar-refractivity contribution in [2.75, 3.05) is 118 Å². The minimum absolute atomic E-state index is 0.0552. The van der Waals surface area contributed by atoms with Gasteiger partial charge < -0.3 is 48.8 Å². The highest BCUT2D eigenvalue weighted by Gasteiger charge is 2.22. The maximum Gasteiger partial charge on any atom is 0.384 e. The predicted octanol–water partition coefficient (Wildman–Crippen LogP) is 19.1. The topological polar surface area (TPSA) is 343 Å². The van der Waals surface area contributed by atoms with Crippen molar-refractivity contribution in [3.05, 3.63) is 151 Å². The summed E-state index contributed by atoms with van der Waals surface area (Å²) < 4.78 is 203. The summed E-state index contributed by atoms with van der Waals surface area (Å²) in [5.41, 5.74) is 0.826. The molecule has 0 saturated carbocycles. The zero-order valence-electron chi connectivity index (χ0n) is 78.7. The number of hydrogen-bond acceptors (Lipinski definition) is 24. The van der Waals surface area contributed by atoms with Crippen molar-refractivity contribution < 1.29 is 104 Å². The van der Waals surface area contributed by atoms with Gasteiger partial charge in [0.1, 0.15) is 69.0 Å². The van der Waals surface area contributed by atoms with Crippen LogP contribution >= 0.6 is 0 Å². The van der Waals surface area contributed by atoms with Gasteiger partial charge in [0, 0.05) is 121 Å². The number of unbranched alkanes of at least 4 members (excludes halogenated alkanes) is 25. The second-order valence-electron chi connectivity index (χ2n) is 30.9. The van der Waals surface area contributed by atoms with Crippen LogP contribution in [0.15, 0.2) is 146 Å². The molecular weight excluding hydrogens is 1750 g/mol. The number of benzene rings is 6. The van der Waals surface area contributed by atoms with E-state index >= 15 is 0 Å². The van der Waals surface area contributed by atoms with Crippen molar-refractivity contribution in [1.29, 1.82) is 0 Å². The number of ketones is 1. The lowest BCUT2D eigenvalue weighted by Gasteiger charge is -2.13. The third kappa shape index (κ3) is 57.1. The second kappa shape index (κ2) is 66.6. The Morgan fingerprint density at radius 1 is 0.220 bits per heavy atom. The maximum absolute atomic E-state index is 11.7. The van der Waals surface area contributed by atoms with E-state index in [-0.39, 0.29) is 40.3 Å². The molecule has 0 N–H and O–H groups in total. The Hall–Kier alpha value is -7.75. The molecule has 30 nitrogen and oxygen atoms in total. The fourth-order valence-electron chi connectivity index (χ4n) is 10.6. The number of Topliss-reactive ketones (excluding diaryl/α,β-unsaturated/α-hetero) is 1. The smallest absolute Gasteiger partial charge is 0.384 e. The van der Waals surface area contributed by atoms with Gasteiger partial charge in [0.15, 0.2) is 0 Å². The van der Waals surface area contributed by atoms with Crippen LogP contribution < -0.4 is 48.8 Å². The van der Waals surface area contributed by atoms with E-state index in [0.717, 1.165) is 95.6 Å². The normalized spacial score (nSPS) is 11.6. The summed E-state index contributed by atoms with van der Waals surface area (Å²) in [6.45, 7) is 15.7. The van der Waals surface area contributed by atoms with Gasteiger partial charge in [-0.3, -0.25) is 4.79 Å². The Morgan fingerprint density at radius 2 is 0.378 bits per heavy atom. The van der Waals surface area contributed by atoms with Gasteiger partial charge in [0.05, 0.1) is 33.0 Å². The van der Waals surface area contributed by atoms with Gasteiger partial charge in [-0.25, -0.2) is 0 Å². The third-order valence-corrected chi connectivity index (χ3v) is 25.9. The average molecular weight is 1900 g/mol. The number of carbonyl (C=O) groups excluding carboxylic acids is 1. The Kier molecular flexibility index (Phi) is 61.5. The van der Waals surface area contributed by atoms with E-state index < -0.39 is 61.8 Å². The van der Waals surface area contributed by atoms with Crippen LogP contribution in [0.1, 0.15) is 240 Å². The van der Waals surface area contributed by atoms with Crippen LogP contribution in [0.3, 0.4) is 0 Å². The van der Waals surface area contributed by atoms with Crippen molar-refractivity contribution in [2.24, 2.45) is 0 Å². The minimum atomic E-state index is -3.73. The third-order valence-electron chi connectivity index (χ3n) is 18.1. The van der Waals surface area contributed by atoms with Gasteiger partial charge in [-0.2, -0.15) is 76.3 Å². The van der Waals surface area contributed by atoms with Gasteiger partial charge in [-0.1, -0.05) is 238 Å². The lowest BCUT2D eigenvalue weighted by Crippen LogP contribution is -2.27. The highest BCUT2D eigenvalue weighted by Crippen LogP contribution is 2.28. The van der Waals surface area contributed by atoms with E-state index in [9.17, 15) is 55.3 Å². The molecule has 0 fully saturated rings. The first-order valence-electron chi connectivity index (χ1n) is 44.0. The quantitative estimate of drug-likeness (QED) is 0.0320. The van der Waals surface area contributed by atoms with Crippen LogP contribution in [-0.2, 0) is 73.0 Å². The predicted molar refractivity (Wildman–Crippen MR) is 507 cm³/mol. The fraction of sp³-hybridized carbons (Fsp3) is 0.593. The summed E-state index contributed by atoms with van der Waals surface area (Å²) >= 11 is 0. The van der Waals surface area contributed by atoms with E-state index in [1.54, 1.807) is 133 Å². The molecule has 0 aromatic heterocycles. The molecule has 6 rings (SSSR count).